The van der Waals surface area contributed by atoms with Crippen molar-refractivity contribution < 1.29 is 14.7 Å². The van der Waals surface area contributed by atoms with Crippen LogP contribution in [0.15, 0.2) is 0 Å². The molecule has 0 aliphatic carbocycles. The molecule has 4 nitrogen and oxygen atoms in total. The summed E-state index contributed by atoms with van der Waals surface area (Å²) < 4.78 is 5.45. The lowest BCUT2D eigenvalue weighted by molar-refractivity contribution is -0.215. The van der Waals surface area contributed by atoms with Crippen LogP contribution in [0.5, 0.6) is 0 Å². The average molecular weight is 175 g/mol. The van der Waals surface area contributed by atoms with Crippen LogP contribution in [0.4, 0.5) is 0 Å². The van der Waals surface area contributed by atoms with E-state index in [2.05, 4.69) is 6.92 Å². The molecule has 1 fully saturated rings. The third-order valence-corrected chi connectivity index (χ3v) is 1.92. The van der Waals surface area contributed by atoms with Gasteiger partial charge in [0.2, 0.25) is 0 Å². The number of hydrogen-bond acceptors (Lipinski definition) is 4. The van der Waals surface area contributed by atoms with Crippen LogP contribution in [0.1, 0.15) is 13.3 Å². The van der Waals surface area contributed by atoms with Crippen molar-refractivity contribution in [3.63, 3.8) is 0 Å². The summed E-state index contributed by atoms with van der Waals surface area (Å²) >= 11 is 0. The Morgan fingerprint density at radius 1 is 1.67 bits per heavy atom. The standard InChI is InChI=1S/C8H17NO3/c1-2-8-7-9(3-5-11-8)12-6-4-10/h8,10H,2-7H2,1H3. The van der Waals surface area contributed by atoms with E-state index in [4.69, 9.17) is 14.7 Å². The predicted octanol–water partition coefficient (Wildman–Crippen LogP) is 0.0211. The Balaban J connectivity index is 2.16. The number of aliphatic hydroxyl groups is 1. The maximum atomic E-state index is 8.54. The van der Waals surface area contributed by atoms with Gasteiger partial charge in [0.05, 0.1) is 32.5 Å². The number of hydroxylamine groups is 2. The van der Waals surface area contributed by atoms with Gasteiger partial charge in [-0.15, -0.1) is 0 Å². The van der Waals surface area contributed by atoms with Gasteiger partial charge >= 0.3 is 0 Å². The normalized spacial score (nSPS) is 26.0. The van der Waals surface area contributed by atoms with Gasteiger partial charge in [-0.05, 0) is 6.42 Å². The molecule has 0 aromatic carbocycles. The molecule has 0 aromatic heterocycles. The van der Waals surface area contributed by atoms with Crippen molar-refractivity contribution in [2.24, 2.45) is 0 Å². The van der Waals surface area contributed by atoms with Crippen molar-refractivity contribution in [1.82, 2.24) is 5.06 Å². The molecule has 1 unspecified atom stereocenters. The van der Waals surface area contributed by atoms with E-state index in [-0.39, 0.29) is 12.7 Å². The summed E-state index contributed by atoms with van der Waals surface area (Å²) in [5.41, 5.74) is 0. The molecule has 1 rings (SSSR count). The van der Waals surface area contributed by atoms with Crippen LogP contribution in [0.2, 0.25) is 0 Å². The van der Waals surface area contributed by atoms with Crippen molar-refractivity contribution in [2.45, 2.75) is 19.4 Å². The Kier molecular flexibility index (Phi) is 4.53. The number of nitrogens with zero attached hydrogens (tertiary/aromatic N) is 1. The van der Waals surface area contributed by atoms with E-state index in [0.29, 0.717) is 6.61 Å². The van der Waals surface area contributed by atoms with E-state index in [0.717, 1.165) is 26.1 Å². The highest BCUT2D eigenvalue weighted by atomic mass is 16.7. The predicted molar refractivity (Wildman–Crippen MR) is 44.6 cm³/mol. The molecule has 12 heavy (non-hydrogen) atoms. The second kappa shape index (κ2) is 5.48. The van der Waals surface area contributed by atoms with Crippen molar-refractivity contribution in [1.29, 1.82) is 0 Å². The Morgan fingerprint density at radius 3 is 3.17 bits per heavy atom. The molecule has 4 heteroatoms. The minimum atomic E-state index is 0.0775. The van der Waals surface area contributed by atoms with Gasteiger partial charge in [-0.2, -0.15) is 5.06 Å². The van der Waals surface area contributed by atoms with Gasteiger partial charge < -0.3 is 9.84 Å². The first-order valence-electron chi connectivity index (χ1n) is 4.47. The maximum absolute atomic E-state index is 8.54. The highest BCUT2D eigenvalue weighted by Gasteiger charge is 2.18. The lowest BCUT2D eigenvalue weighted by Crippen LogP contribution is -2.42. The van der Waals surface area contributed by atoms with Gasteiger partial charge in [-0.3, -0.25) is 4.84 Å². The van der Waals surface area contributed by atoms with Crippen LogP contribution < -0.4 is 0 Å². The molecule has 1 saturated heterocycles. The quantitative estimate of drug-likeness (QED) is 0.654. The summed E-state index contributed by atoms with van der Waals surface area (Å²) in [5, 5.41) is 10.4. The number of rotatable bonds is 4. The van der Waals surface area contributed by atoms with Crippen LogP contribution in [-0.4, -0.2) is 49.2 Å². The monoisotopic (exact) mass is 175 g/mol. The molecule has 0 radical (unpaired) electrons. The molecular weight excluding hydrogens is 158 g/mol. The Labute approximate surface area is 73.0 Å². The van der Waals surface area contributed by atoms with Crippen molar-refractivity contribution in [2.75, 3.05) is 32.9 Å². The lowest BCUT2D eigenvalue weighted by atomic mass is 10.2. The molecule has 0 amide bonds. The van der Waals surface area contributed by atoms with Crippen LogP contribution in [-0.2, 0) is 9.57 Å². The smallest absolute Gasteiger partial charge is 0.0916 e. The van der Waals surface area contributed by atoms with E-state index in [1.807, 2.05) is 5.06 Å². The maximum Gasteiger partial charge on any atom is 0.0916 e. The van der Waals surface area contributed by atoms with E-state index < -0.39 is 0 Å². The van der Waals surface area contributed by atoms with Crippen LogP contribution >= 0.6 is 0 Å². The largest absolute Gasteiger partial charge is 0.394 e. The molecule has 0 spiro atoms. The summed E-state index contributed by atoms with van der Waals surface area (Å²) in [5.74, 6) is 0. The first kappa shape index (κ1) is 9.92. The van der Waals surface area contributed by atoms with Gasteiger partial charge in [0.1, 0.15) is 0 Å². The SMILES string of the molecule is CCC1CN(OCCO)CCO1. The highest BCUT2D eigenvalue weighted by molar-refractivity contribution is 4.64. The lowest BCUT2D eigenvalue weighted by Gasteiger charge is -2.31. The first-order valence-corrected chi connectivity index (χ1v) is 4.47. The molecule has 0 saturated carbocycles. The van der Waals surface area contributed by atoms with Gasteiger partial charge in [-0.25, -0.2) is 0 Å². The second-order valence-electron chi connectivity index (χ2n) is 2.85. The summed E-state index contributed by atoms with van der Waals surface area (Å²) in [6.45, 7) is 4.90. The zero-order valence-electron chi connectivity index (χ0n) is 7.53. The van der Waals surface area contributed by atoms with Gasteiger partial charge in [-0.1, -0.05) is 6.92 Å². The summed E-state index contributed by atoms with van der Waals surface area (Å²) in [6, 6.07) is 0. The third-order valence-electron chi connectivity index (χ3n) is 1.92. The summed E-state index contributed by atoms with van der Waals surface area (Å²) in [6.07, 6.45) is 1.30. The van der Waals surface area contributed by atoms with Crippen molar-refractivity contribution in [3.8, 4) is 0 Å². The average Bonchev–Trinajstić information content (AvgIpc) is 2.15. The molecule has 0 bridgehead atoms. The molecular formula is C8H17NO3. The highest BCUT2D eigenvalue weighted by Crippen LogP contribution is 2.07. The molecule has 1 heterocycles. The zero-order chi connectivity index (χ0) is 8.81. The van der Waals surface area contributed by atoms with Crippen LogP contribution in [0.3, 0.4) is 0 Å². The first-order chi connectivity index (χ1) is 5.86. The van der Waals surface area contributed by atoms with E-state index >= 15 is 0 Å². The second-order valence-corrected chi connectivity index (χ2v) is 2.85. The minimum Gasteiger partial charge on any atom is -0.394 e. The Morgan fingerprint density at radius 2 is 2.50 bits per heavy atom. The fourth-order valence-electron chi connectivity index (χ4n) is 1.23. The third kappa shape index (κ3) is 3.06. The Hall–Kier alpha value is -0.160. The number of ether oxygens (including phenoxy) is 1. The minimum absolute atomic E-state index is 0.0775. The molecule has 1 N–H and O–H groups in total. The molecule has 1 atom stereocenters. The topological polar surface area (TPSA) is 41.9 Å². The van der Waals surface area contributed by atoms with E-state index in [1.165, 1.54) is 0 Å². The number of aliphatic hydroxyl groups excluding tert-OH is 1. The van der Waals surface area contributed by atoms with E-state index in [1.54, 1.807) is 0 Å². The van der Waals surface area contributed by atoms with Crippen LogP contribution in [0.25, 0.3) is 0 Å². The number of hydrogen-bond donors (Lipinski definition) is 1. The van der Waals surface area contributed by atoms with Gasteiger partial charge in [0, 0.05) is 6.54 Å². The molecule has 72 valence electrons. The fourth-order valence-corrected chi connectivity index (χ4v) is 1.23. The van der Waals surface area contributed by atoms with Gasteiger partial charge in [0.25, 0.3) is 0 Å². The fraction of sp³-hybridized carbons (Fsp3) is 1.00. The summed E-state index contributed by atoms with van der Waals surface area (Å²) in [4.78, 5) is 5.27. The van der Waals surface area contributed by atoms with Crippen LogP contribution in [0, 0.1) is 0 Å². The Bertz CT molecular complexity index is 121. The molecule has 1 aliphatic rings. The molecule has 1 aliphatic heterocycles. The molecule has 0 aromatic rings. The number of morpholine rings is 1. The van der Waals surface area contributed by atoms with Crippen molar-refractivity contribution >= 4 is 0 Å². The summed E-state index contributed by atoms with van der Waals surface area (Å²) in [7, 11) is 0. The zero-order valence-corrected chi connectivity index (χ0v) is 7.53. The van der Waals surface area contributed by atoms with E-state index in [9.17, 15) is 0 Å². The van der Waals surface area contributed by atoms with Crippen molar-refractivity contribution in [3.05, 3.63) is 0 Å². The van der Waals surface area contributed by atoms with Gasteiger partial charge in [0.15, 0.2) is 0 Å².